The van der Waals surface area contributed by atoms with Crippen LogP contribution >= 0.6 is 34.5 Å². The molecule has 1 atom stereocenters. The van der Waals surface area contributed by atoms with Gasteiger partial charge in [-0.2, -0.15) is 0 Å². The summed E-state index contributed by atoms with van der Waals surface area (Å²) in [5.41, 5.74) is 2.51. The van der Waals surface area contributed by atoms with Crippen LogP contribution in [0.3, 0.4) is 0 Å². The molecule has 1 heterocycles. The molecule has 3 aromatic rings. The summed E-state index contributed by atoms with van der Waals surface area (Å²) in [4.78, 5) is 29.9. The number of aryl methyl sites for hydroxylation is 1. The van der Waals surface area contributed by atoms with Crippen molar-refractivity contribution in [2.75, 3.05) is 6.61 Å². The molecule has 10 heteroatoms. The Morgan fingerprint density at radius 2 is 1.92 bits per heavy atom. The van der Waals surface area contributed by atoms with E-state index in [4.69, 9.17) is 32.7 Å². The van der Waals surface area contributed by atoms with Crippen LogP contribution in [0.1, 0.15) is 47.3 Å². The van der Waals surface area contributed by atoms with Gasteiger partial charge in [0.25, 0.3) is 5.91 Å². The molecule has 0 aliphatic carbocycles. The van der Waals surface area contributed by atoms with Crippen molar-refractivity contribution >= 4 is 46.4 Å². The lowest BCUT2D eigenvalue weighted by molar-refractivity contribution is -0.153. The van der Waals surface area contributed by atoms with Gasteiger partial charge in [-0.05, 0) is 57.5 Å². The van der Waals surface area contributed by atoms with Crippen LogP contribution in [0, 0.1) is 6.92 Å². The Morgan fingerprint density at radius 3 is 2.56 bits per heavy atom. The first-order valence-corrected chi connectivity index (χ1v) is 13.0. The third-order valence-electron chi connectivity index (χ3n) is 5.17. The minimum absolute atomic E-state index is 0.179. The zero-order chi connectivity index (χ0) is 26.4. The van der Waals surface area contributed by atoms with Gasteiger partial charge in [0.15, 0.2) is 6.10 Å². The van der Waals surface area contributed by atoms with Gasteiger partial charge in [-0.1, -0.05) is 35.3 Å². The van der Waals surface area contributed by atoms with E-state index in [0.29, 0.717) is 38.7 Å². The van der Waals surface area contributed by atoms with E-state index in [1.54, 1.807) is 38.1 Å². The monoisotopic (exact) mass is 550 g/mol. The number of hydrogen-bond donors (Lipinski definition) is 2. The van der Waals surface area contributed by atoms with Crippen LogP contribution < -0.4 is 10.1 Å². The Bertz CT molecular complexity index is 1250. The van der Waals surface area contributed by atoms with E-state index in [-0.39, 0.29) is 25.0 Å². The number of hydrogen-bond acceptors (Lipinski definition) is 6. The van der Waals surface area contributed by atoms with Crippen molar-refractivity contribution in [2.24, 2.45) is 0 Å². The van der Waals surface area contributed by atoms with Crippen molar-refractivity contribution in [3.8, 4) is 16.3 Å². The molecule has 0 saturated carbocycles. The normalized spacial score (nSPS) is 12.0. The fraction of sp³-hybridized carbons (Fsp3) is 0.346. The van der Waals surface area contributed by atoms with Crippen LogP contribution in [0.4, 0.5) is 0 Å². The van der Waals surface area contributed by atoms with Gasteiger partial charge >= 0.3 is 5.97 Å². The van der Waals surface area contributed by atoms with E-state index < -0.39 is 12.1 Å². The number of carboxylic acids is 1. The summed E-state index contributed by atoms with van der Waals surface area (Å²) in [5, 5.41) is 14.0. The van der Waals surface area contributed by atoms with Gasteiger partial charge < -0.3 is 19.9 Å². The molecule has 7 nitrogen and oxygen atoms in total. The lowest BCUT2D eigenvalue weighted by Crippen LogP contribution is -2.29. The van der Waals surface area contributed by atoms with Gasteiger partial charge in [-0.3, -0.25) is 4.79 Å². The molecule has 1 amide bonds. The Morgan fingerprint density at radius 1 is 1.17 bits per heavy atom. The van der Waals surface area contributed by atoms with E-state index in [9.17, 15) is 14.7 Å². The Labute approximate surface area is 224 Å². The minimum atomic E-state index is -1.02. The number of benzene rings is 2. The van der Waals surface area contributed by atoms with Crippen LogP contribution in [0.25, 0.3) is 10.6 Å². The summed E-state index contributed by atoms with van der Waals surface area (Å²) in [6, 6.07) is 10.6. The smallest absolute Gasteiger partial charge is 0.333 e. The SMILES string of the molecule is CCOc1ccc(CC(OC(C)C)C(=O)O)cc1CNC(=O)c1nc(-c2ccc(Cl)cc2Cl)sc1C. The van der Waals surface area contributed by atoms with Gasteiger partial charge in [0.05, 0.1) is 17.7 Å². The molecule has 1 aromatic heterocycles. The Balaban J connectivity index is 1.78. The van der Waals surface area contributed by atoms with E-state index >= 15 is 0 Å². The second-order valence-corrected chi connectivity index (χ2v) is 10.4. The number of aromatic nitrogens is 1. The topological polar surface area (TPSA) is 97.8 Å². The van der Waals surface area contributed by atoms with Crippen molar-refractivity contribution in [3.63, 3.8) is 0 Å². The predicted octanol–water partition coefficient (Wildman–Crippen LogP) is 6.17. The van der Waals surface area contributed by atoms with E-state index in [0.717, 1.165) is 16.0 Å². The second-order valence-electron chi connectivity index (χ2n) is 8.32. The average Bonchev–Trinajstić information content (AvgIpc) is 3.19. The molecule has 0 spiro atoms. The second kappa shape index (κ2) is 12.5. The molecule has 0 fully saturated rings. The molecule has 192 valence electrons. The van der Waals surface area contributed by atoms with E-state index in [2.05, 4.69) is 10.3 Å². The van der Waals surface area contributed by atoms with Crippen molar-refractivity contribution in [3.05, 3.63) is 68.1 Å². The molecule has 0 bridgehead atoms. The predicted molar refractivity (Wildman–Crippen MR) is 142 cm³/mol. The van der Waals surface area contributed by atoms with Crippen LogP contribution in [0.2, 0.25) is 10.0 Å². The van der Waals surface area contributed by atoms with Gasteiger partial charge in [-0.15, -0.1) is 11.3 Å². The number of amides is 1. The van der Waals surface area contributed by atoms with Crippen LogP contribution in [0.5, 0.6) is 5.75 Å². The van der Waals surface area contributed by atoms with Crippen molar-refractivity contribution in [2.45, 2.75) is 52.9 Å². The molecule has 2 N–H and O–H groups in total. The molecule has 0 aliphatic heterocycles. The molecule has 1 unspecified atom stereocenters. The first-order chi connectivity index (χ1) is 17.1. The summed E-state index contributed by atoms with van der Waals surface area (Å²) < 4.78 is 11.2. The highest BCUT2D eigenvalue weighted by Crippen LogP contribution is 2.34. The summed E-state index contributed by atoms with van der Waals surface area (Å²) in [6.45, 7) is 7.91. The number of nitrogens with one attached hydrogen (secondary N) is 1. The van der Waals surface area contributed by atoms with Crippen molar-refractivity contribution in [1.82, 2.24) is 10.3 Å². The highest BCUT2D eigenvalue weighted by atomic mass is 35.5. The van der Waals surface area contributed by atoms with E-state index in [1.165, 1.54) is 11.3 Å². The largest absolute Gasteiger partial charge is 0.494 e. The van der Waals surface area contributed by atoms with Crippen molar-refractivity contribution in [1.29, 1.82) is 0 Å². The number of rotatable bonds is 11. The zero-order valence-corrected chi connectivity index (χ0v) is 22.8. The van der Waals surface area contributed by atoms with Crippen LogP contribution in [-0.4, -0.2) is 40.8 Å². The molecule has 36 heavy (non-hydrogen) atoms. The van der Waals surface area contributed by atoms with Crippen LogP contribution in [-0.2, 0) is 22.5 Å². The maximum Gasteiger partial charge on any atom is 0.333 e. The number of carboxylic acid groups (broad SMARTS) is 1. The number of ether oxygens (including phenoxy) is 2. The number of halogens is 2. The Kier molecular flexibility index (Phi) is 9.73. The lowest BCUT2D eigenvalue weighted by atomic mass is 10.0. The number of carbonyl (C=O) groups is 2. The van der Waals surface area contributed by atoms with Crippen molar-refractivity contribution < 1.29 is 24.2 Å². The number of thiazole rings is 1. The molecule has 2 aromatic carbocycles. The van der Waals surface area contributed by atoms with Crippen LogP contribution in [0.15, 0.2) is 36.4 Å². The maximum absolute atomic E-state index is 13.0. The summed E-state index contributed by atoms with van der Waals surface area (Å²) in [5.74, 6) is -0.746. The lowest BCUT2D eigenvalue weighted by Gasteiger charge is -2.18. The standard InChI is InChI=1S/C26H28Cl2N2O5S/c1-5-34-21-9-6-16(11-22(26(32)33)35-14(2)3)10-17(21)13-29-24(31)23-15(4)36-25(30-23)19-8-7-18(27)12-20(19)28/h6-10,12,14,22H,5,11,13H2,1-4H3,(H,29,31)(H,32,33). The average molecular weight is 551 g/mol. The number of aliphatic carboxylic acids is 1. The molecular weight excluding hydrogens is 523 g/mol. The van der Waals surface area contributed by atoms with Gasteiger partial charge in [0.1, 0.15) is 16.5 Å². The van der Waals surface area contributed by atoms with Gasteiger partial charge in [0.2, 0.25) is 0 Å². The Hall–Kier alpha value is -2.65. The number of carbonyl (C=O) groups excluding carboxylic acids is 1. The van der Waals surface area contributed by atoms with E-state index in [1.807, 2.05) is 26.0 Å². The zero-order valence-electron chi connectivity index (χ0n) is 20.4. The number of nitrogens with zero attached hydrogens (tertiary/aromatic N) is 1. The maximum atomic E-state index is 13.0. The van der Waals surface area contributed by atoms with Gasteiger partial charge in [0, 0.05) is 34.0 Å². The first kappa shape index (κ1) is 27.9. The highest BCUT2D eigenvalue weighted by molar-refractivity contribution is 7.15. The molecule has 3 rings (SSSR count). The third-order valence-corrected chi connectivity index (χ3v) is 6.72. The molecule has 0 aliphatic rings. The highest BCUT2D eigenvalue weighted by Gasteiger charge is 2.22. The summed E-state index contributed by atoms with van der Waals surface area (Å²) in [6.07, 6.45) is -1.00. The quantitative estimate of drug-likeness (QED) is 0.296. The third kappa shape index (κ3) is 7.20. The minimum Gasteiger partial charge on any atom is -0.494 e. The van der Waals surface area contributed by atoms with Gasteiger partial charge in [-0.25, -0.2) is 9.78 Å². The fourth-order valence-corrected chi connectivity index (χ4v) is 5.08. The summed E-state index contributed by atoms with van der Waals surface area (Å²) in [7, 11) is 0. The summed E-state index contributed by atoms with van der Waals surface area (Å²) >= 11 is 13.7. The molecule has 0 radical (unpaired) electrons. The molecular formula is C26H28Cl2N2O5S. The fourth-order valence-electron chi connectivity index (χ4n) is 3.57. The molecule has 0 saturated heterocycles. The first-order valence-electron chi connectivity index (χ1n) is 11.4.